The van der Waals surface area contributed by atoms with Crippen LogP contribution in [0.4, 0.5) is 5.13 Å². The normalized spacial score (nSPS) is 11.8. The molecule has 0 unspecified atom stereocenters. The van der Waals surface area contributed by atoms with Crippen LogP contribution in [0.3, 0.4) is 0 Å². The molecule has 0 aliphatic heterocycles. The zero-order valence-corrected chi connectivity index (χ0v) is 25.1. The van der Waals surface area contributed by atoms with Crippen LogP contribution < -0.4 is 4.90 Å². The van der Waals surface area contributed by atoms with E-state index in [4.69, 9.17) is 4.98 Å². The van der Waals surface area contributed by atoms with Gasteiger partial charge in [0.1, 0.15) is 0 Å². The Morgan fingerprint density at radius 3 is 2.19 bits per heavy atom. The smallest absolute Gasteiger partial charge is 0.260 e. The number of benzene rings is 2. The van der Waals surface area contributed by atoms with Crippen LogP contribution in [0.25, 0.3) is 10.2 Å². The highest BCUT2D eigenvalue weighted by Crippen LogP contribution is 2.32. The lowest BCUT2D eigenvalue weighted by Gasteiger charge is -2.22. The fourth-order valence-electron chi connectivity index (χ4n) is 3.97. The standard InChI is InChI=1S/C27H38N4O3S2.ClH/c1-7-9-16-30(8-2)36(33,34)23-13-11-22(12-14-23)26(32)31(17-10-15-29(5)6)27-28-24-18-20(3)21(4)19-25(24)35-27;/h11-14,18-19H,7-10,15-17H2,1-6H3;1H. The quantitative estimate of drug-likeness (QED) is 0.279. The summed E-state index contributed by atoms with van der Waals surface area (Å²) < 4.78 is 28.7. The molecule has 1 amide bonds. The molecular weight excluding hydrogens is 528 g/mol. The van der Waals surface area contributed by atoms with Crippen molar-refractivity contribution in [3.05, 3.63) is 53.1 Å². The Balaban J connectivity index is 0.00000481. The number of aromatic nitrogens is 1. The Labute approximate surface area is 231 Å². The number of halogens is 1. The maximum Gasteiger partial charge on any atom is 0.260 e. The summed E-state index contributed by atoms with van der Waals surface area (Å²) >= 11 is 1.51. The van der Waals surface area contributed by atoms with Crippen LogP contribution in [0.15, 0.2) is 41.3 Å². The summed E-state index contributed by atoms with van der Waals surface area (Å²) in [6.07, 6.45) is 2.53. The number of fused-ring (bicyclic) bond motifs is 1. The number of hydrogen-bond donors (Lipinski definition) is 0. The molecule has 1 aromatic heterocycles. The van der Waals surface area contributed by atoms with Crippen molar-refractivity contribution in [1.82, 2.24) is 14.2 Å². The van der Waals surface area contributed by atoms with E-state index in [0.29, 0.717) is 30.3 Å². The first kappa shape index (κ1) is 31.2. The van der Waals surface area contributed by atoms with Gasteiger partial charge in [0, 0.05) is 25.2 Å². The number of unbranched alkanes of at least 4 members (excludes halogenated alkanes) is 1. The Morgan fingerprint density at radius 2 is 1.59 bits per heavy atom. The highest BCUT2D eigenvalue weighted by Gasteiger charge is 2.25. The summed E-state index contributed by atoms with van der Waals surface area (Å²) in [5.41, 5.74) is 3.69. The van der Waals surface area contributed by atoms with Gasteiger partial charge in [0.25, 0.3) is 5.91 Å². The molecule has 0 aliphatic rings. The van der Waals surface area contributed by atoms with Gasteiger partial charge in [0.2, 0.25) is 10.0 Å². The molecule has 2 aromatic carbocycles. The van der Waals surface area contributed by atoms with Crippen molar-refractivity contribution in [2.75, 3.05) is 45.2 Å². The molecule has 37 heavy (non-hydrogen) atoms. The lowest BCUT2D eigenvalue weighted by atomic mass is 10.1. The van der Waals surface area contributed by atoms with Crippen molar-refractivity contribution in [2.24, 2.45) is 0 Å². The molecule has 3 rings (SSSR count). The van der Waals surface area contributed by atoms with Crippen LogP contribution in [-0.2, 0) is 10.0 Å². The van der Waals surface area contributed by atoms with Crippen molar-refractivity contribution in [3.63, 3.8) is 0 Å². The predicted octanol–water partition coefficient (Wildman–Crippen LogP) is 5.74. The molecular formula is C27H39ClN4O3S2. The molecule has 0 radical (unpaired) electrons. The van der Waals surface area contributed by atoms with E-state index in [1.165, 1.54) is 26.8 Å². The fourth-order valence-corrected chi connectivity index (χ4v) is 6.53. The molecule has 0 N–H and O–H groups in total. The highest BCUT2D eigenvalue weighted by molar-refractivity contribution is 7.89. The van der Waals surface area contributed by atoms with Crippen molar-refractivity contribution in [2.45, 2.75) is 51.9 Å². The van der Waals surface area contributed by atoms with Gasteiger partial charge in [-0.15, -0.1) is 12.4 Å². The van der Waals surface area contributed by atoms with Crippen LogP contribution in [0.2, 0.25) is 0 Å². The second-order valence-corrected chi connectivity index (χ2v) is 12.3. The third kappa shape index (κ3) is 7.51. The van der Waals surface area contributed by atoms with Gasteiger partial charge in [-0.1, -0.05) is 31.6 Å². The van der Waals surface area contributed by atoms with E-state index in [1.807, 2.05) is 27.9 Å². The highest BCUT2D eigenvalue weighted by atomic mass is 35.5. The number of sulfonamides is 1. The minimum atomic E-state index is -3.59. The van der Waals surface area contributed by atoms with Gasteiger partial charge in [-0.25, -0.2) is 13.4 Å². The molecule has 0 atom stereocenters. The molecule has 0 saturated heterocycles. The van der Waals surface area contributed by atoms with Crippen LogP contribution in [0.1, 0.15) is 54.6 Å². The van der Waals surface area contributed by atoms with Gasteiger partial charge in [-0.3, -0.25) is 9.69 Å². The number of carbonyl (C=O) groups excluding carboxylic acids is 1. The summed E-state index contributed by atoms with van der Waals surface area (Å²) in [6, 6.07) is 10.5. The molecule has 0 bridgehead atoms. The molecule has 0 saturated carbocycles. The Bertz CT molecular complexity index is 1250. The zero-order valence-electron chi connectivity index (χ0n) is 22.7. The lowest BCUT2D eigenvalue weighted by Crippen LogP contribution is -2.34. The summed E-state index contributed by atoms with van der Waals surface area (Å²) in [6.45, 7) is 10.3. The first-order valence-electron chi connectivity index (χ1n) is 12.5. The van der Waals surface area contributed by atoms with Gasteiger partial charge in [-0.2, -0.15) is 4.31 Å². The van der Waals surface area contributed by atoms with E-state index >= 15 is 0 Å². The summed E-state index contributed by atoms with van der Waals surface area (Å²) in [7, 11) is 0.422. The Morgan fingerprint density at radius 1 is 0.946 bits per heavy atom. The van der Waals surface area contributed by atoms with E-state index in [1.54, 1.807) is 29.2 Å². The zero-order chi connectivity index (χ0) is 26.5. The predicted molar refractivity (Wildman–Crippen MR) is 157 cm³/mol. The van der Waals surface area contributed by atoms with Gasteiger partial charge >= 0.3 is 0 Å². The van der Waals surface area contributed by atoms with Crippen molar-refractivity contribution < 1.29 is 13.2 Å². The SMILES string of the molecule is CCCCN(CC)S(=O)(=O)c1ccc(C(=O)N(CCCN(C)C)c2nc3cc(C)c(C)cc3s2)cc1.Cl. The third-order valence-corrected chi connectivity index (χ3v) is 9.34. The summed E-state index contributed by atoms with van der Waals surface area (Å²) in [4.78, 5) is 22.5. The van der Waals surface area contributed by atoms with Gasteiger partial charge < -0.3 is 4.90 Å². The van der Waals surface area contributed by atoms with E-state index in [0.717, 1.165) is 36.0 Å². The number of aryl methyl sites for hydroxylation is 2. The molecule has 0 fully saturated rings. The molecule has 0 aliphatic carbocycles. The minimum absolute atomic E-state index is 0. The Kier molecular flexibility index (Phi) is 11.5. The van der Waals surface area contributed by atoms with E-state index in [2.05, 4.69) is 30.9 Å². The average molecular weight is 567 g/mol. The monoisotopic (exact) mass is 566 g/mol. The second kappa shape index (κ2) is 13.7. The number of amides is 1. The summed E-state index contributed by atoms with van der Waals surface area (Å²) in [5, 5.41) is 0.659. The molecule has 10 heteroatoms. The van der Waals surface area contributed by atoms with E-state index in [-0.39, 0.29) is 23.2 Å². The van der Waals surface area contributed by atoms with Crippen LogP contribution >= 0.6 is 23.7 Å². The maximum absolute atomic E-state index is 13.6. The molecule has 1 heterocycles. The average Bonchev–Trinajstić information content (AvgIpc) is 3.24. The lowest BCUT2D eigenvalue weighted by molar-refractivity contribution is 0.0986. The van der Waals surface area contributed by atoms with Crippen molar-refractivity contribution in [3.8, 4) is 0 Å². The number of thiazole rings is 1. The molecule has 204 valence electrons. The van der Waals surface area contributed by atoms with Gasteiger partial charge in [-0.05, 0) is 94.9 Å². The number of anilines is 1. The molecule has 3 aromatic rings. The fraction of sp³-hybridized carbons (Fsp3) is 0.481. The van der Waals surface area contributed by atoms with Gasteiger partial charge in [0.05, 0.1) is 15.1 Å². The Hall–Kier alpha value is -2.04. The molecule has 7 nitrogen and oxygen atoms in total. The van der Waals surface area contributed by atoms with Crippen LogP contribution in [0, 0.1) is 13.8 Å². The third-order valence-electron chi connectivity index (χ3n) is 6.31. The van der Waals surface area contributed by atoms with Crippen LogP contribution in [-0.4, -0.2) is 68.8 Å². The van der Waals surface area contributed by atoms with Crippen molar-refractivity contribution >= 4 is 55.0 Å². The summed E-state index contributed by atoms with van der Waals surface area (Å²) in [5.74, 6) is -0.177. The second-order valence-electron chi connectivity index (χ2n) is 9.39. The molecule has 0 spiro atoms. The number of carbonyl (C=O) groups is 1. The first-order valence-corrected chi connectivity index (χ1v) is 14.8. The number of rotatable bonds is 12. The largest absolute Gasteiger partial charge is 0.309 e. The van der Waals surface area contributed by atoms with Crippen molar-refractivity contribution in [1.29, 1.82) is 0 Å². The first-order chi connectivity index (χ1) is 17.1. The maximum atomic E-state index is 13.6. The number of hydrogen-bond acceptors (Lipinski definition) is 6. The number of nitrogens with zero attached hydrogens (tertiary/aromatic N) is 4. The van der Waals surface area contributed by atoms with E-state index in [9.17, 15) is 13.2 Å². The van der Waals surface area contributed by atoms with Crippen LogP contribution in [0.5, 0.6) is 0 Å². The minimum Gasteiger partial charge on any atom is -0.309 e. The van der Waals surface area contributed by atoms with E-state index < -0.39 is 10.0 Å². The van der Waals surface area contributed by atoms with Gasteiger partial charge in [0.15, 0.2) is 5.13 Å². The topological polar surface area (TPSA) is 73.8 Å².